The predicted octanol–water partition coefficient (Wildman–Crippen LogP) is -0.811. The number of benzene rings is 1. The van der Waals surface area contributed by atoms with Gasteiger partial charge in [0.15, 0.2) is 10.8 Å². The van der Waals surface area contributed by atoms with Crippen LogP contribution in [0.4, 0.5) is 5.13 Å². The maximum absolute atomic E-state index is 13.1. The van der Waals surface area contributed by atoms with E-state index in [9.17, 15) is 44.5 Å². The number of aromatic hydroxyl groups is 1. The van der Waals surface area contributed by atoms with Crippen molar-refractivity contribution in [3.8, 4) is 5.75 Å². The third kappa shape index (κ3) is 8.39. The minimum absolute atomic E-state index is 0. The van der Waals surface area contributed by atoms with Crippen LogP contribution in [0.5, 0.6) is 5.75 Å². The highest BCUT2D eigenvalue weighted by Gasteiger charge is 2.33. The summed E-state index contributed by atoms with van der Waals surface area (Å²) in [5.41, 5.74) is 2.20. The van der Waals surface area contributed by atoms with Gasteiger partial charge < -0.3 is 46.6 Å². The number of oxime groups is 1. The van der Waals surface area contributed by atoms with E-state index >= 15 is 0 Å². The molecular weight excluding hydrogens is 549 g/mol. The van der Waals surface area contributed by atoms with Crippen LogP contribution in [0.3, 0.4) is 0 Å². The Balaban J connectivity index is 0.00000722. The average Bonchev–Trinajstić information content (AvgIpc) is 3.27. The van der Waals surface area contributed by atoms with Crippen molar-refractivity contribution in [2.24, 2.45) is 10.9 Å². The fourth-order valence-corrected chi connectivity index (χ4v) is 3.36. The van der Waals surface area contributed by atoms with E-state index in [1.165, 1.54) is 31.4 Å². The number of carboxylic acid groups (broad SMARTS) is 2. The van der Waals surface area contributed by atoms with Crippen LogP contribution in [-0.2, 0) is 25.6 Å². The summed E-state index contributed by atoms with van der Waals surface area (Å²) < 4.78 is 0. The molecule has 0 bridgehead atoms. The van der Waals surface area contributed by atoms with E-state index in [4.69, 9.17) is 10.6 Å². The highest BCUT2D eigenvalue weighted by atomic mass is 35.5. The number of nitrogens with zero attached hydrogens (tertiary/aromatic N) is 2. The summed E-state index contributed by atoms with van der Waals surface area (Å²) in [6.07, 6.45) is -0.417. The summed E-state index contributed by atoms with van der Waals surface area (Å²) >= 11 is 0.894. The molecule has 15 nitrogen and oxygen atoms in total. The first-order valence-electron chi connectivity index (χ1n) is 10.4. The molecule has 0 aliphatic heterocycles. The number of nitrogens with one attached hydrogen (secondary N) is 2. The maximum Gasteiger partial charge on any atom is 0.475 e. The van der Waals surface area contributed by atoms with Crippen molar-refractivity contribution >= 4 is 65.5 Å². The van der Waals surface area contributed by atoms with Crippen LogP contribution in [0.2, 0.25) is 0 Å². The molecule has 0 aliphatic carbocycles. The summed E-state index contributed by atoms with van der Waals surface area (Å²) in [5, 5.41) is 57.9. The molecule has 38 heavy (non-hydrogen) atoms. The Morgan fingerprint density at radius 2 is 1.89 bits per heavy atom. The van der Waals surface area contributed by atoms with Crippen molar-refractivity contribution < 1.29 is 49.4 Å². The van der Waals surface area contributed by atoms with Crippen molar-refractivity contribution in [3.63, 3.8) is 0 Å². The molecule has 2 aromatic rings. The van der Waals surface area contributed by atoms with Gasteiger partial charge in [-0.1, -0.05) is 17.3 Å². The first kappa shape index (κ1) is 32.3. The number of carboxylic acids is 2. The number of amides is 2. The first-order chi connectivity index (χ1) is 17.3. The minimum atomic E-state index is -2.18. The third-order valence-electron chi connectivity index (χ3n) is 4.74. The van der Waals surface area contributed by atoms with Gasteiger partial charge in [0, 0.05) is 5.38 Å². The topological polar surface area (TPSA) is 254 Å². The molecule has 0 unspecified atom stereocenters. The van der Waals surface area contributed by atoms with Crippen molar-refractivity contribution in [3.05, 3.63) is 40.4 Å². The molecule has 0 spiro atoms. The zero-order valence-electron chi connectivity index (χ0n) is 19.9. The van der Waals surface area contributed by atoms with E-state index in [-0.39, 0.29) is 35.3 Å². The largest absolute Gasteiger partial charge is 0.507 e. The number of thiazole rings is 1. The molecular formula is C20H25BClN5O10S. The van der Waals surface area contributed by atoms with Gasteiger partial charge in [-0.3, -0.25) is 9.59 Å². The standard InChI is InChI=1S/C20H24BN5O10S.ClH/c1-20(2,18(32)33)36-26-14(11-8-37-19(23-11)25-13(27)7-22)16(29)24-12(21(34)35)6-9-4-3-5-10(15(9)28)17(30)31;/h3-5,8,12,28,34-35H,6-7,22H2,1-2H3,(H,24,29)(H,30,31)(H,32,33)(H,23,25,27);1H/t12-;/m0./s1. The normalized spacial score (nSPS) is 12.1. The number of para-hydroxylation sites is 1. The number of aliphatic carboxylic acids is 1. The fraction of sp³-hybridized carbons (Fsp3) is 0.300. The molecule has 1 aromatic heterocycles. The van der Waals surface area contributed by atoms with Crippen LogP contribution in [0.1, 0.15) is 35.5 Å². The van der Waals surface area contributed by atoms with Gasteiger partial charge in [-0.2, -0.15) is 0 Å². The Morgan fingerprint density at radius 1 is 1.24 bits per heavy atom. The lowest BCUT2D eigenvalue weighted by Crippen LogP contribution is -2.50. The van der Waals surface area contributed by atoms with Crippen molar-refractivity contribution in [2.45, 2.75) is 31.8 Å². The van der Waals surface area contributed by atoms with E-state index in [1.54, 1.807) is 0 Å². The molecule has 0 radical (unpaired) electrons. The van der Waals surface area contributed by atoms with E-state index in [1.807, 2.05) is 0 Å². The molecule has 18 heteroatoms. The van der Waals surface area contributed by atoms with Crippen LogP contribution >= 0.6 is 23.7 Å². The molecule has 206 valence electrons. The van der Waals surface area contributed by atoms with Crippen LogP contribution < -0.4 is 16.4 Å². The van der Waals surface area contributed by atoms with Gasteiger partial charge in [0.05, 0.1) is 12.5 Å². The van der Waals surface area contributed by atoms with E-state index < -0.39 is 65.9 Å². The highest BCUT2D eigenvalue weighted by molar-refractivity contribution is 7.14. The Bertz CT molecular complexity index is 1220. The molecule has 1 aromatic carbocycles. The summed E-state index contributed by atoms with van der Waals surface area (Å²) in [5.74, 6) is -6.60. The number of hydrogen-bond acceptors (Lipinski definition) is 12. The number of carbonyl (C=O) groups is 4. The lowest BCUT2D eigenvalue weighted by molar-refractivity contribution is -0.161. The van der Waals surface area contributed by atoms with Gasteiger partial charge in [0.2, 0.25) is 11.5 Å². The second-order valence-corrected chi connectivity index (χ2v) is 8.81. The maximum atomic E-state index is 13.1. The molecule has 1 heterocycles. The smallest absolute Gasteiger partial charge is 0.475 e. The zero-order valence-corrected chi connectivity index (χ0v) is 21.6. The molecule has 0 saturated heterocycles. The number of hydrogen-bond donors (Lipinski definition) is 8. The number of nitrogens with two attached hydrogens (primary N) is 1. The highest BCUT2D eigenvalue weighted by Crippen LogP contribution is 2.24. The minimum Gasteiger partial charge on any atom is -0.507 e. The number of aromatic carboxylic acids is 1. The monoisotopic (exact) mass is 573 g/mol. The summed E-state index contributed by atoms with van der Waals surface area (Å²) in [7, 11) is -2.18. The number of halogens is 1. The van der Waals surface area contributed by atoms with Gasteiger partial charge in [-0.05, 0) is 31.9 Å². The van der Waals surface area contributed by atoms with Crippen molar-refractivity contribution in [1.29, 1.82) is 0 Å². The number of carbonyl (C=O) groups excluding carboxylic acids is 2. The van der Waals surface area contributed by atoms with E-state index in [0.29, 0.717) is 0 Å². The Kier molecular flexibility index (Phi) is 11.6. The molecule has 0 saturated carbocycles. The molecule has 2 rings (SSSR count). The van der Waals surface area contributed by atoms with Crippen LogP contribution in [-0.4, -0.2) is 85.0 Å². The third-order valence-corrected chi connectivity index (χ3v) is 5.50. The van der Waals surface area contributed by atoms with Gasteiger partial charge in [0.25, 0.3) is 5.91 Å². The van der Waals surface area contributed by atoms with Crippen LogP contribution in [0.25, 0.3) is 0 Å². The Labute approximate surface area is 225 Å². The molecule has 9 N–H and O–H groups in total. The molecule has 0 fully saturated rings. The Morgan fingerprint density at radius 3 is 2.45 bits per heavy atom. The SMILES string of the molecule is CC(C)(ON=C(C(=O)N[C@@H](Cc1cccc(C(=O)O)c1O)B(O)O)c1csc(NC(=O)CN)n1)C(=O)O.Cl. The summed E-state index contributed by atoms with van der Waals surface area (Å²) in [6, 6.07) is 3.78. The zero-order chi connectivity index (χ0) is 27.9. The van der Waals surface area contributed by atoms with E-state index in [0.717, 1.165) is 17.4 Å². The van der Waals surface area contributed by atoms with Gasteiger partial charge >= 0.3 is 19.1 Å². The number of anilines is 1. The quantitative estimate of drug-likeness (QED) is 0.0881. The lowest BCUT2D eigenvalue weighted by atomic mass is 9.75. The van der Waals surface area contributed by atoms with Crippen LogP contribution in [0, 0.1) is 0 Å². The van der Waals surface area contributed by atoms with Crippen LogP contribution in [0.15, 0.2) is 28.7 Å². The molecule has 2 amide bonds. The number of phenols is 1. The fourth-order valence-electron chi connectivity index (χ4n) is 2.65. The van der Waals surface area contributed by atoms with Gasteiger partial charge in [-0.25, -0.2) is 14.6 Å². The number of rotatable bonds is 12. The molecule has 0 aliphatic rings. The van der Waals surface area contributed by atoms with Gasteiger partial charge in [-0.15, -0.1) is 23.7 Å². The van der Waals surface area contributed by atoms with E-state index in [2.05, 4.69) is 20.8 Å². The molecule has 1 atom stereocenters. The second kappa shape index (κ2) is 13.7. The second-order valence-electron chi connectivity index (χ2n) is 7.95. The summed E-state index contributed by atoms with van der Waals surface area (Å²) in [6.45, 7) is 2.00. The lowest BCUT2D eigenvalue weighted by Gasteiger charge is -2.20. The Hall–Kier alpha value is -3.77. The number of aromatic nitrogens is 1. The first-order valence-corrected chi connectivity index (χ1v) is 11.3. The van der Waals surface area contributed by atoms with Gasteiger partial charge in [0.1, 0.15) is 17.0 Å². The average molecular weight is 574 g/mol. The van der Waals surface area contributed by atoms with Crippen molar-refractivity contribution in [1.82, 2.24) is 10.3 Å². The predicted molar refractivity (Wildman–Crippen MR) is 137 cm³/mol. The summed E-state index contributed by atoms with van der Waals surface area (Å²) in [4.78, 5) is 56.3. The van der Waals surface area contributed by atoms with Crippen molar-refractivity contribution in [2.75, 3.05) is 11.9 Å².